The Balaban J connectivity index is 1.52. The largest absolute Gasteiger partial charge is 0.325 e. The number of rotatable bonds is 4. The highest BCUT2D eigenvalue weighted by Crippen LogP contribution is 2.39. The number of nitrogens with zero attached hydrogens (tertiary/aromatic N) is 3. The molecule has 0 radical (unpaired) electrons. The lowest BCUT2D eigenvalue weighted by Gasteiger charge is -2.33. The highest BCUT2D eigenvalue weighted by Gasteiger charge is 2.38. The van der Waals surface area contributed by atoms with Crippen molar-refractivity contribution in [3.05, 3.63) is 94.5 Å². The molecule has 3 aromatic carbocycles. The van der Waals surface area contributed by atoms with E-state index in [9.17, 15) is 4.79 Å². The van der Waals surface area contributed by atoms with Crippen LogP contribution in [0, 0.1) is 13.8 Å². The summed E-state index contributed by atoms with van der Waals surface area (Å²) < 4.78 is 1.86. The van der Waals surface area contributed by atoms with Crippen LogP contribution in [0.5, 0.6) is 0 Å². The van der Waals surface area contributed by atoms with Crippen LogP contribution in [-0.4, -0.2) is 26.0 Å². The summed E-state index contributed by atoms with van der Waals surface area (Å²) in [5.74, 6) is 0.599. The van der Waals surface area contributed by atoms with Gasteiger partial charge in [-0.15, -0.1) is 10.2 Å². The third-order valence-corrected chi connectivity index (χ3v) is 7.29. The molecule has 2 heterocycles. The van der Waals surface area contributed by atoms with Gasteiger partial charge in [0.1, 0.15) is 5.25 Å². The zero-order chi connectivity index (χ0) is 22.9. The SMILES string of the molecule is Cc1cccc(NC(=O)[C@@H]2Sc3nnc(-c4ccccc4)n3N[C@@H]2c2ccc(Cl)cc2)c1C. The molecule has 1 amide bonds. The summed E-state index contributed by atoms with van der Waals surface area (Å²) in [6, 6.07) is 23.0. The summed E-state index contributed by atoms with van der Waals surface area (Å²) in [6.45, 7) is 4.04. The van der Waals surface area contributed by atoms with Crippen molar-refractivity contribution < 1.29 is 4.79 Å². The number of aryl methyl sites for hydroxylation is 1. The van der Waals surface area contributed by atoms with Crippen molar-refractivity contribution >= 4 is 35.0 Å². The Morgan fingerprint density at radius 1 is 1.00 bits per heavy atom. The van der Waals surface area contributed by atoms with E-state index in [4.69, 9.17) is 11.6 Å². The molecule has 2 atom stereocenters. The minimum absolute atomic E-state index is 0.100. The fourth-order valence-electron chi connectivity index (χ4n) is 3.84. The van der Waals surface area contributed by atoms with Crippen molar-refractivity contribution in [3.63, 3.8) is 0 Å². The number of thioether (sulfide) groups is 1. The molecule has 0 unspecified atom stereocenters. The standard InChI is InChI=1S/C25H22ClN5OS/c1-15-7-6-10-20(16(15)2)27-24(32)22-21(17-11-13-19(26)14-12-17)30-31-23(28-29-25(31)33-22)18-8-4-3-5-9-18/h3-14,21-22,30H,1-2H3,(H,27,32)/t21-,22-/m1/s1. The van der Waals surface area contributed by atoms with Gasteiger partial charge < -0.3 is 10.7 Å². The molecular weight excluding hydrogens is 454 g/mol. The van der Waals surface area contributed by atoms with E-state index in [-0.39, 0.29) is 11.9 Å². The normalized spacial score (nSPS) is 17.2. The number of hydrogen-bond donors (Lipinski definition) is 2. The highest BCUT2D eigenvalue weighted by molar-refractivity contribution is 8.00. The van der Waals surface area contributed by atoms with Crippen molar-refractivity contribution in [1.29, 1.82) is 0 Å². The number of fused-ring (bicyclic) bond motifs is 1. The number of amides is 1. The van der Waals surface area contributed by atoms with Gasteiger partial charge in [-0.3, -0.25) is 4.79 Å². The number of nitrogens with one attached hydrogen (secondary N) is 2. The van der Waals surface area contributed by atoms with Gasteiger partial charge in [0.05, 0.1) is 6.04 Å². The maximum Gasteiger partial charge on any atom is 0.240 e. The maximum atomic E-state index is 13.5. The zero-order valence-electron chi connectivity index (χ0n) is 18.1. The van der Waals surface area contributed by atoms with E-state index in [0.29, 0.717) is 16.0 Å². The Bertz CT molecular complexity index is 1310. The van der Waals surface area contributed by atoms with Crippen molar-refractivity contribution in [2.45, 2.75) is 30.3 Å². The molecule has 5 rings (SSSR count). The van der Waals surface area contributed by atoms with Crippen molar-refractivity contribution in [2.24, 2.45) is 0 Å². The molecule has 0 saturated carbocycles. The van der Waals surface area contributed by atoms with Gasteiger partial charge in [0.15, 0.2) is 5.82 Å². The Kier molecular flexibility index (Phi) is 5.83. The van der Waals surface area contributed by atoms with Gasteiger partial charge in [0.2, 0.25) is 11.1 Å². The van der Waals surface area contributed by atoms with Crippen LogP contribution >= 0.6 is 23.4 Å². The lowest BCUT2D eigenvalue weighted by atomic mass is 10.0. The summed E-state index contributed by atoms with van der Waals surface area (Å²) in [4.78, 5) is 13.5. The van der Waals surface area contributed by atoms with Crippen LogP contribution in [0.3, 0.4) is 0 Å². The van der Waals surface area contributed by atoms with E-state index in [1.165, 1.54) is 11.8 Å². The molecule has 1 aliphatic heterocycles. The van der Waals surface area contributed by atoms with E-state index in [1.54, 1.807) is 0 Å². The number of carbonyl (C=O) groups excluding carboxylic acids is 1. The molecule has 0 spiro atoms. The van der Waals surface area contributed by atoms with E-state index in [0.717, 1.165) is 27.9 Å². The molecule has 0 fully saturated rings. The third kappa shape index (κ3) is 4.21. The Morgan fingerprint density at radius 3 is 2.52 bits per heavy atom. The van der Waals surface area contributed by atoms with E-state index in [2.05, 4.69) is 20.9 Å². The van der Waals surface area contributed by atoms with Crippen LogP contribution in [0.2, 0.25) is 5.02 Å². The van der Waals surface area contributed by atoms with Gasteiger partial charge in [-0.1, -0.05) is 78.0 Å². The quantitative estimate of drug-likeness (QED) is 0.401. The second kappa shape index (κ2) is 8.92. The Hall–Kier alpha value is -3.29. The lowest BCUT2D eigenvalue weighted by Crippen LogP contribution is -2.41. The fourth-order valence-corrected chi connectivity index (χ4v) is 5.05. The second-order valence-electron chi connectivity index (χ2n) is 7.94. The molecule has 1 aliphatic rings. The second-order valence-corrected chi connectivity index (χ2v) is 9.49. The van der Waals surface area contributed by atoms with Gasteiger partial charge in [0, 0.05) is 16.3 Å². The predicted molar refractivity (Wildman–Crippen MR) is 133 cm³/mol. The van der Waals surface area contributed by atoms with E-state index < -0.39 is 5.25 Å². The van der Waals surface area contributed by atoms with E-state index >= 15 is 0 Å². The molecule has 0 bridgehead atoms. The first-order valence-electron chi connectivity index (χ1n) is 10.6. The minimum Gasteiger partial charge on any atom is -0.325 e. The molecule has 166 valence electrons. The average molecular weight is 476 g/mol. The summed E-state index contributed by atoms with van der Waals surface area (Å²) in [7, 11) is 0. The molecule has 0 saturated heterocycles. The van der Waals surface area contributed by atoms with E-state index in [1.807, 2.05) is 91.3 Å². The van der Waals surface area contributed by atoms with Crippen LogP contribution in [-0.2, 0) is 4.79 Å². The first-order valence-corrected chi connectivity index (χ1v) is 11.8. The first kappa shape index (κ1) is 21.6. The highest BCUT2D eigenvalue weighted by atomic mass is 35.5. The number of hydrogen-bond acceptors (Lipinski definition) is 5. The minimum atomic E-state index is -0.466. The fraction of sp³-hybridized carbons (Fsp3) is 0.160. The topological polar surface area (TPSA) is 71.8 Å². The molecule has 8 heteroatoms. The lowest BCUT2D eigenvalue weighted by molar-refractivity contribution is -0.116. The molecule has 6 nitrogen and oxygen atoms in total. The molecule has 2 N–H and O–H groups in total. The van der Waals surface area contributed by atoms with Crippen LogP contribution in [0.1, 0.15) is 22.7 Å². The first-order chi connectivity index (χ1) is 16.0. The van der Waals surface area contributed by atoms with Crippen LogP contribution in [0.15, 0.2) is 78.0 Å². The van der Waals surface area contributed by atoms with Crippen LogP contribution < -0.4 is 10.7 Å². The predicted octanol–water partition coefficient (Wildman–Crippen LogP) is 5.61. The smallest absolute Gasteiger partial charge is 0.240 e. The van der Waals surface area contributed by atoms with Gasteiger partial charge in [0.25, 0.3) is 0 Å². The van der Waals surface area contributed by atoms with Crippen LogP contribution in [0.4, 0.5) is 5.69 Å². The van der Waals surface area contributed by atoms with Gasteiger partial charge >= 0.3 is 0 Å². The summed E-state index contributed by atoms with van der Waals surface area (Å²) in [5.41, 5.74) is 8.38. The number of anilines is 1. The number of halogens is 1. The van der Waals surface area contributed by atoms with Crippen molar-refractivity contribution in [2.75, 3.05) is 10.7 Å². The van der Waals surface area contributed by atoms with Crippen molar-refractivity contribution in [3.8, 4) is 11.4 Å². The summed E-state index contributed by atoms with van der Waals surface area (Å²) in [5, 5.41) is 12.7. The van der Waals surface area contributed by atoms with Crippen LogP contribution in [0.25, 0.3) is 11.4 Å². The number of aromatic nitrogens is 3. The average Bonchev–Trinajstić information content (AvgIpc) is 3.25. The molecule has 33 heavy (non-hydrogen) atoms. The zero-order valence-corrected chi connectivity index (χ0v) is 19.7. The molecule has 0 aliphatic carbocycles. The van der Waals surface area contributed by atoms with Gasteiger partial charge in [-0.05, 0) is 48.7 Å². The third-order valence-electron chi connectivity index (χ3n) is 5.82. The van der Waals surface area contributed by atoms with Crippen molar-refractivity contribution in [1.82, 2.24) is 14.9 Å². The number of benzene rings is 3. The monoisotopic (exact) mass is 475 g/mol. The summed E-state index contributed by atoms with van der Waals surface area (Å²) >= 11 is 7.53. The molecule has 4 aromatic rings. The number of carbonyl (C=O) groups is 1. The van der Waals surface area contributed by atoms with Gasteiger partial charge in [-0.25, -0.2) is 4.68 Å². The molecule has 1 aromatic heterocycles. The maximum absolute atomic E-state index is 13.5. The Labute approximate surface area is 201 Å². The Morgan fingerprint density at radius 2 is 1.76 bits per heavy atom. The molecular formula is C25H22ClN5OS. The summed E-state index contributed by atoms with van der Waals surface area (Å²) in [6.07, 6.45) is 0. The van der Waals surface area contributed by atoms with Gasteiger partial charge in [-0.2, -0.15) is 0 Å².